The van der Waals surface area contributed by atoms with E-state index in [2.05, 4.69) is 70.4 Å². The number of morpholine rings is 1. The van der Waals surface area contributed by atoms with Gasteiger partial charge in [0.25, 0.3) is 5.91 Å². The van der Waals surface area contributed by atoms with Crippen LogP contribution in [0.3, 0.4) is 0 Å². The largest absolute Gasteiger partial charge is 0.378 e. The Bertz CT molecular complexity index is 1440. The van der Waals surface area contributed by atoms with Crippen molar-refractivity contribution in [1.82, 2.24) is 9.47 Å². The number of aryl methyl sites for hydroxylation is 3. The third-order valence-corrected chi connectivity index (χ3v) is 8.41. The summed E-state index contributed by atoms with van der Waals surface area (Å²) < 4.78 is 8.78. The lowest BCUT2D eigenvalue weighted by Crippen LogP contribution is -2.36. The molecular formula is C29H31BrN4O2S. The van der Waals surface area contributed by atoms with E-state index in [0.29, 0.717) is 10.8 Å². The van der Waals surface area contributed by atoms with Gasteiger partial charge in [0.05, 0.1) is 24.6 Å². The summed E-state index contributed by atoms with van der Waals surface area (Å²) in [5.41, 5.74) is 9.06. The van der Waals surface area contributed by atoms with Crippen LogP contribution in [-0.4, -0.2) is 53.8 Å². The number of anilines is 2. The fourth-order valence-electron chi connectivity index (χ4n) is 5.02. The first kappa shape index (κ1) is 25.7. The van der Waals surface area contributed by atoms with Crippen LogP contribution in [-0.2, 0) is 9.53 Å². The number of thiocarbonyl (C=S) groups is 1. The van der Waals surface area contributed by atoms with E-state index in [1.54, 1.807) is 9.80 Å². The predicted molar refractivity (Wildman–Crippen MR) is 158 cm³/mol. The van der Waals surface area contributed by atoms with Crippen LogP contribution < -0.4 is 9.80 Å². The molecule has 8 heteroatoms. The van der Waals surface area contributed by atoms with E-state index in [1.807, 2.05) is 38.2 Å². The number of amides is 1. The molecule has 1 amide bonds. The third-order valence-electron chi connectivity index (χ3n) is 7.31. The van der Waals surface area contributed by atoms with Gasteiger partial charge >= 0.3 is 0 Å². The van der Waals surface area contributed by atoms with Gasteiger partial charge in [0, 0.05) is 41.7 Å². The Hall–Kier alpha value is -2.94. The zero-order valence-corrected chi connectivity index (χ0v) is 24.2. The van der Waals surface area contributed by atoms with E-state index in [9.17, 15) is 4.79 Å². The van der Waals surface area contributed by atoms with Gasteiger partial charge < -0.3 is 19.1 Å². The van der Waals surface area contributed by atoms with Crippen molar-refractivity contribution in [2.45, 2.75) is 27.7 Å². The topological polar surface area (TPSA) is 41.0 Å². The van der Waals surface area contributed by atoms with Gasteiger partial charge in [-0.1, -0.05) is 6.07 Å². The monoisotopic (exact) mass is 578 g/mol. The third kappa shape index (κ3) is 4.62. The molecule has 2 fully saturated rings. The Morgan fingerprint density at radius 2 is 1.65 bits per heavy atom. The summed E-state index contributed by atoms with van der Waals surface area (Å²) in [6, 6.07) is 14.6. The van der Waals surface area contributed by atoms with Gasteiger partial charge in [-0.15, -0.1) is 0 Å². The number of aromatic nitrogens is 1. The molecule has 0 spiro atoms. The smallest absolute Gasteiger partial charge is 0.281 e. The fourth-order valence-corrected chi connectivity index (χ4v) is 5.93. The van der Waals surface area contributed by atoms with Crippen molar-refractivity contribution in [2.75, 3.05) is 43.2 Å². The van der Waals surface area contributed by atoms with Gasteiger partial charge in [-0.3, -0.25) is 9.69 Å². The lowest BCUT2D eigenvalue weighted by Gasteiger charge is -2.30. The average Bonchev–Trinajstić information content (AvgIpc) is 3.27. The Labute approximate surface area is 232 Å². The molecular weight excluding hydrogens is 548 g/mol. The Morgan fingerprint density at radius 1 is 0.946 bits per heavy atom. The first-order valence-electron chi connectivity index (χ1n) is 12.4. The Morgan fingerprint density at radius 3 is 2.32 bits per heavy atom. The average molecular weight is 580 g/mol. The summed E-state index contributed by atoms with van der Waals surface area (Å²) in [6.45, 7) is 11.6. The van der Waals surface area contributed by atoms with Crippen LogP contribution in [0.5, 0.6) is 0 Å². The Balaban J connectivity index is 1.48. The van der Waals surface area contributed by atoms with Crippen molar-refractivity contribution in [1.29, 1.82) is 0 Å². The lowest BCUT2D eigenvalue weighted by atomic mass is 10.1. The van der Waals surface area contributed by atoms with Gasteiger partial charge in [-0.05, 0) is 115 Å². The van der Waals surface area contributed by atoms with Gasteiger partial charge in [0.15, 0.2) is 5.11 Å². The maximum atomic E-state index is 13.5. The molecule has 192 valence electrons. The molecule has 6 nitrogen and oxygen atoms in total. The second-order valence-corrected chi connectivity index (χ2v) is 10.9. The minimum Gasteiger partial charge on any atom is -0.378 e. The van der Waals surface area contributed by atoms with E-state index < -0.39 is 0 Å². The van der Waals surface area contributed by atoms with Crippen LogP contribution in [0.15, 0.2) is 52.6 Å². The number of benzene rings is 2. The van der Waals surface area contributed by atoms with E-state index in [0.717, 1.165) is 64.7 Å². The molecule has 0 unspecified atom stereocenters. The molecule has 3 heterocycles. The second-order valence-electron chi connectivity index (χ2n) is 9.68. The van der Waals surface area contributed by atoms with Gasteiger partial charge in [0.1, 0.15) is 5.70 Å². The number of rotatable bonds is 4. The van der Waals surface area contributed by atoms with Crippen LogP contribution in [0.25, 0.3) is 11.8 Å². The Kier molecular flexibility index (Phi) is 7.00. The standard InChI is InChI=1S/C29H31BrN4O2S/c1-18-6-7-23(14-19(18)2)34-28(35)27(31(5)29(34)37)16-22-15-20(3)33(21(22)4)24-8-9-26(25(30)17-24)32-10-12-36-13-11-32/h6-9,14-17H,10-13H2,1-5H3/b27-16-. The number of hydrogen-bond donors (Lipinski definition) is 0. The molecule has 2 saturated heterocycles. The van der Waals surface area contributed by atoms with Gasteiger partial charge in [0.2, 0.25) is 0 Å². The lowest BCUT2D eigenvalue weighted by molar-refractivity contribution is -0.114. The molecule has 2 aliphatic rings. The molecule has 0 radical (unpaired) electrons. The first-order chi connectivity index (χ1) is 17.7. The van der Waals surface area contributed by atoms with Crippen LogP contribution in [0.2, 0.25) is 0 Å². The van der Waals surface area contributed by atoms with Crippen molar-refractivity contribution < 1.29 is 9.53 Å². The summed E-state index contributed by atoms with van der Waals surface area (Å²) >= 11 is 9.47. The fraction of sp³-hybridized carbons (Fsp3) is 0.310. The summed E-state index contributed by atoms with van der Waals surface area (Å²) in [4.78, 5) is 19.3. The number of likely N-dealkylation sites (N-methyl/N-ethyl adjacent to an activating group) is 1. The maximum Gasteiger partial charge on any atom is 0.281 e. The van der Waals surface area contributed by atoms with Gasteiger partial charge in [-0.25, -0.2) is 0 Å². The molecule has 0 N–H and O–H groups in total. The molecule has 2 aliphatic heterocycles. The summed E-state index contributed by atoms with van der Waals surface area (Å²) in [7, 11) is 1.85. The van der Waals surface area contributed by atoms with Crippen LogP contribution in [0, 0.1) is 27.7 Å². The minimum absolute atomic E-state index is 0.113. The predicted octanol–water partition coefficient (Wildman–Crippen LogP) is 5.91. The zero-order chi connectivity index (χ0) is 26.4. The second kappa shape index (κ2) is 10.1. The highest BCUT2D eigenvalue weighted by Gasteiger charge is 2.37. The number of carbonyl (C=O) groups is 1. The molecule has 0 atom stereocenters. The number of carbonyl (C=O) groups excluding carboxylic acids is 1. The van der Waals surface area contributed by atoms with Crippen molar-refractivity contribution in [2.24, 2.45) is 0 Å². The molecule has 37 heavy (non-hydrogen) atoms. The zero-order valence-electron chi connectivity index (χ0n) is 21.8. The van der Waals surface area contributed by atoms with E-state index in [4.69, 9.17) is 17.0 Å². The molecule has 1 aromatic heterocycles. The molecule has 2 aromatic carbocycles. The first-order valence-corrected chi connectivity index (χ1v) is 13.6. The molecule has 3 aromatic rings. The van der Waals surface area contributed by atoms with Crippen molar-refractivity contribution in [3.05, 3.63) is 80.7 Å². The van der Waals surface area contributed by atoms with Crippen LogP contribution in [0.4, 0.5) is 11.4 Å². The highest BCUT2D eigenvalue weighted by molar-refractivity contribution is 9.10. The molecule has 5 rings (SSSR count). The number of nitrogens with zero attached hydrogens (tertiary/aromatic N) is 4. The van der Waals surface area contributed by atoms with Crippen molar-refractivity contribution in [3.63, 3.8) is 0 Å². The van der Waals surface area contributed by atoms with E-state index in [1.165, 1.54) is 11.3 Å². The summed E-state index contributed by atoms with van der Waals surface area (Å²) in [6.07, 6.45) is 1.95. The number of hydrogen-bond acceptors (Lipinski definition) is 4. The minimum atomic E-state index is -0.113. The summed E-state index contributed by atoms with van der Waals surface area (Å²) in [5.74, 6) is -0.113. The number of halogens is 1. The van der Waals surface area contributed by atoms with E-state index in [-0.39, 0.29) is 5.91 Å². The quantitative estimate of drug-likeness (QED) is 0.284. The van der Waals surface area contributed by atoms with Crippen LogP contribution >= 0.6 is 28.1 Å². The summed E-state index contributed by atoms with van der Waals surface area (Å²) in [5, 5.41) is 0.482. The van der Waals surface area contributed by atoms with E-state index >= 15 is 0 Å². The van der Waals surface area contributed by atoms with Crippen molar-refractivity contribution >= 4 is 56.6 Å². The molecule has 0 saturated carbocycles. The van der Waals surface area contributed by atoms with Crippen LogP contribution in [0.1, 0.15) is 28.1 Å². The number of ether oxygens (including phenoxy) is 1. The van der Waals surface area contributed by atoms with Crippen molar-refractivity contribution in [3.8, 4) is 5.69 Å². The molecule has 0 bridgehead atoms. The highest BCUT2D eigenvalue weighted by Crippen LogP contribution is 2.33. The SMILES string of the molecule is Cc1ccc(N2C(=O)/C(=C/c3cc(C)n(-c4ccc(N5CCOCC5)c(Br)c4)c3C)N(C)C2=S)cc1C. The maximum absolute atomic E-state index is 13.5. The van der Waals surface area contributed by atoms with Gasteiger partial charge in [-0.2, -0.15) is 0 Å². The highest BCUT2D eigenvalue weighted by atomic mass is 79.9. The normalized spacial score (nSPS) is 17.5. The molecule has 0 aliphatic carbocycles.